The number of carbonyl (C=O) groups is 1. The minimum absolute atomic E-state index is 0.502. The molecule has 1 aromatic heterocycles. The van der Waals surface area contributed by atoms with E-state index >= 15 is 0 Å². The molecular formula is C29H44N2O2. The molecule has 1 atom stereocenters. The van der Waals surface area contributed by atoms with Crippen molar-refractivity contribution < 1.29 is 9.90 Å². The normalized spacial score (nSPS) is 12.9. The smallest absolute Gasteiger partial charge is 0.321 e. The molecule has 182 valence electrons. The third kappa shape index (κ3) is 11.4. The third-order valence-electron chi connectivity index (χ3n) is 6.17. The number of hydrogen-bond acceptors (Lipinski definition) is 2. The van der Waals surface area contributed by atoms with E-state index < -0.39 is 12.0 Å². The lowest BCUT2D eigenvalue weighted by atomic mass is 10.0. The van der Waals surface area contributed by atoms with Gasteiger partial charge in [-0.2, -0.15) is 0 Å². The Balaban J connectivity index is 1.47. The van der Waals surface area contributed by atoms with Crippen LogP contribution in [0, 0.1) is 0 Å². The number of carboxylic acids is 1. The third-order valence-corrected chi connectivity index (χ3v) is 6.17. The topological polar surface area (TPSA) is 65.1 Å². The summed E-state index contributed by atoms with van der Waals surface area (Å²) in [6.45, 7) is 3.00. The zero-order valence-electron chi connectivity index (χ0n) is 20.5. The van der Waals surface area contributed by atoms with Crippen LogP contribution in [0.2, 0.25) is 0 Å². The molecule has 0 spiro atoms. The molecule has 1 heterocycles. The monoisotopic (exact) mass is 452 g/mol. The molecule has 0 aliphatic carbocycles. The Morgan fingerprint density at radius 3 is 2.33 bits per heavy atom. The molecule has 0 bridgehead atoms. The van der Waals surface area contributed by atoms with Crippen molar-refractivity contribution in [2.24, 2.45) is 0 Å². The summed E-state index contributed by atoms with van der Waals surface area (Å²) >= 11 is 0. The predicted molar refractivity (Wildman–Crippen MR) is 141 cm³/mol. The van der Waals surface area contributed by atoms with E-state index in [0.29, 0.717) is 6.42 Å². The highest BCUT2D eigenvalue weighted by atomic mass is 16.4. The van der Waals surface area contributed by atoms with Gasteiger partial charge >= 0.3 is 5.97 Å². The van der Waals surface area contributed by atoms with Crippen molar-refractivity contribution in [2.45, 2.75) is 96.4 Å². The van der Waals surface area contributed by atoms with Crippen LogP contribution < -0.4 is 5.32 Å². The van der Waals surface area contributed by atoms with Crippen LogP contribution in [0.1, 0.15) is 89.5 Å². The Labute approximate surface area is 200 Å². The summed E-state index contributed by atoms with van der Waals surface area (Å²) in [5.74, 6) is -0.777. The number of aromatic nitrogens is 1. The van der Waals surface area contributed by atoms with Crippen molar-refractivity contribution in [2.75, 3.05) is 6.54 Å². The first-order chi connectivity index (χ1) is 16.2. The van der Waals surface area contributed by atoms with Gasteiger partial charge in [-0.05, 0) is 56.7 Å². The molecule has 4 nitrogen and oxygen atoms in total. The van der Waals surface area contributed by atoms with Crippen molar-refractivity contribution in [3.05, 3.63) is 60.3 Å². The molecule has 0 fully saturated rings. The predicted octanol–water partition coefficient (Wildman–Crippen LogP) is 7.57. The van der Waals surface area contributed by atoms with E-state index in [1.54, 1.807) is 0 Å². The number of hydrogen-bond donors (Lipinski definition) is 3. The van der Waals surface area contributed by atoms with Crippen LogP contribution in [0.3, 0.4) is 0 Å². The lowest BCUT2D eigenvalue weighted by Crippen LogP contribution is -2.39. The Morgan fingerprint density at radius 1 is 0.939 bits per heavy atom. The van der Waals surface area contributed by atoms with Gasteiger partial charge in [0.2, 0.25) is 0 Å². The van der Waals surface area contributed by atoms with Gasteiger partial charge in [0.1, 0.15) is 6.04 Å². The standard InChI is InChI=1S/C29H44N2O2/c1-2-3-4-5-6-7-8-9-10-11-12-13-14-15-16-19-22-30-28(29(32)33)23-25-24-31-27-21-18-17-20-26(25)27/h6-7,9-10,17-18,20-21,24,28,30-31H,2-5,8,11-16,19,22-23H2,1H3,(H,32,33)/b7-6-,10-9-/t28-/m0/s1. The fourth-order valence-electron chi connectivity index (χ4n) is 4.16. The molecule has 3 N–H and O–H groups in total. The zero-order valence-corrected chi connectivity index (χ0v) is 20.5. The molecule has 0 unspecified atom stereocenters. The van der Waals surface area contributed by atoms with Gasteiger partial charge in [-0.25, -0.2) is 0 Å². The fraction of sp³-hybridized carbons (Fsp3) is 0.552. The summed E-state index contributed by atoms with van der Waals surface area (Å²) in [6, 6.07) is 7.50. The number of nitrogens with one attached hydrogen (secondary N) is 2. The highest BCUT2D eigenvalue weighted by Gasteiger charge is 2.18. The molecule has 0 saturated carbocycles. The summed E-state index contributed by atoms with van der Waals surface area (Å²) in [4.78, 5) is 14.9. The number of H-pyrrole nitrogens is 1. The molecule has 2 aromatic rings. The number of carboxylic acid groups (broad SMARTS) is 1. The molecule has 33 heavy (non-hydrogen) atoms. The van der Waals surface area contributed by atoms with Gasteiger partial charge in [0, 0.05) is 23.5 Å². The molecule has 4 heteroatoms. The van der Waals surface area contributed by atoms with Crippen molar-refractivity contribution >= 4 is 16.9 Å². The Hall–Kier alpha value is -2.33. The average molecular weight is 453 g/mol. The largest absolute Gasteiger partial charge is 0.480 e. The van der Waals surface area contributed by atoms with Crippen molar-refractivity contribution in [3.63, 3.8) is 0 Å². The maximum Gasteiger partial charge on any atom is 0.321 e. The van der Waals surface area contributed by atoms with Crippen LogP contribution in [0.5, 0.6) is 0 Å². The van der Waals surface area contributed by atoms with Crippen molar-refractivity contribution in [1.29, 1.82) is 0 Å². The average Bonchev–Trinajstić information content (AvgIpc) is 3.23. The van der Waals surface area contributed by atoms with Crippen LogP contribution in [-0.4, -0.2) is 28.6 Å². The number of rotatable bonds is 19. The maximum atomic E-state index is 11.7. The van der Waals surface area contributed by atoms with E-state index in [1.165, 1.54) is 57.8 Å². The second kappa shape index (κ2) is 17.2. The summed E-state index contributed by atoms with van der Waals surface area (Å²) in [7, 11) is 0. The van der Waals surface area contributed by atoms with Crippen LogP contribution in [0.15, 0.2) is 54.8 Å². The van der Waals surface area contributed by atoms with E-state index in [0.717, 1.165) is 42.3 Å². The lowest BCUT2D eigenvalue weighted by molar-refractivity contribution is -0.139. The molecule has 0 radical (unpaired) electrons. The van der Waals surface area contributed by atoms with Crippen LogP contribution >= 0.6 is 0 Å². The van der Waals surface area contributed by atoms with Gasteiger partial charge in [0.15, 0.2) is 0 Å². The lowest BCUT2D eigenvalue weighted by Gasteiger charge is -2.14. The van der Waals surface area contributed by atoms with Crippen molar-refractivity contribution in [1.82, 2.24) is 10.3 Å². The van der Waals surface area contributed by atoms with Crippen LogP contribution in [-0.2, 0) is 11.2 Å². The quantitative estimate of drug-likeness (QED) is 0.152. The molecule has 1 aromatic carbocycles. The van der Waals surface area contributed by atoms with E-state index in [1.807, 2.05) is 30.5 Å². The maximum absolute atomic E-state index is 11.7. The Bertz CT molecular complexity index is 837. The number of benzene rings is 1. The van der Waals surface area contributed by atoms with Crippen LogP contribution in [0.25, 0.3) is 10.9 Å². The Morgan fingerprint density at radius 2 is 1.61 bits per heavy atom. The first-order valence-electron chi connectivity index (χ1n) is 13.0. The highest BCUT2D eigenvalue weighted by Crippen LogP contribution is 2.19. The van der Waals surface area contributed by atoms with Gasteiger partial charge in [-0.3, -0.25) is 4.79 Å². The summed E-state index contributed by atoms with van der Waals surface area (Å²) in [5.41, 5.74) is 2.12. The number of aromatic amines is 1. The molecule has 0 aliphatic heterocycles. The summed E-state index contributed by atoms with van der Waals surface area (Å²) in [5, 5.41) is 14.0. The number of unbranched alkanes of at least 4 members (excludes halogenated alkanes) is 9. The summed E-state index contributed by atoms with van der Waals surface area (Å²) in [6.07, 6.45) is 26.3. The number of fused-ring (bicyclic) bond motifs is 1. The number of aliphatic carboxylic acids is 1. The minimum atomic E-state index is -0.777. The van der Waals surface area contributed by atoms with E-state index in [4.69, 9.17) is 0 Å². The van der Waals surface area contributed by atoms with Gasteiger partial charge in [0.25, 0.3) is 0 Å². The minimum Gasteiger partial charge on any atom is -0.480 e. The number of para-hydroxylation sites is 1. The molecule has 0 saturated heterocycles. The Kier molecular flexibility index (Phi) is 14.0. The van der Waals surface area contributed by atoms with Gasteiger partial charge in [-0.15, -0.1) is 0 Å². The fourth-order valence-corrected chi connectivity index (χ4v) is 4.16. The first-order valence-corrected chi connectivity index (χ1v) is 13.0. The SMILES string of the molecule is CCCCC/C=C\C/C=C\CCCCCCCCN[C@@H](Cc1c[nH]c2ccccc12)C(=O)O. The van der Waals surface area contributed by atoms with E-state index in [9.17, 15) is 9.90 Å². The van der Waals surface area contributed by atoms with E-state index in [2.05, 4.69) is 41.5 Å². The second-order valence-electron chi connectivity index (χ2n) is 8.99. The van der Waals surface area contributed by atoms with Crippen LogP contribution in [0.4, 0.5) is 0 Å². The molecule has 2 rings (SSSR count). The zero-order chi connectivity index (χ0) is 23.6. The molecule has 0 amide bonds. The van der Waals surface area contributed by atoms with Gasteiger partial charge in [-0.1, -0.05) is 88.0 Å². The molecular weight excluding hydrogens is 408 g/mol. The molecule has 0 aliphatic rings. The second-order valence-corrected chi connectivity index (χ2v) is 8.99. The van der Waals surface area contributed by atoms with Crippen molar-refractivity contribution in [3.8, 4) is 0 Å². The first kappa shape index (κ1) is 26.9. The van der Waals surface area contributed by atoms with Gasteiger partial charge < -0.3 is 15.4 Å². The summed E-state index contributed by atoms with van der Waals surface area (Å²) < 4.78 is 0. The van der Waals surface area contributed by atoms with E-state index in [-0.39, 0.29) is 0 Å². The van der Waals surface area contributed by atoms with Gasteiger partial charge in [0.05, 0.1) is 0 Å². The highest BCUT2D eigenvalue weighted by molar-refractivity contribution is 5.84. The number of allylic oxidation sites excluding steroid dienone is 4.